The van der Waals surface area contributed by atoms with Gasteiger partial charge in [0.05, 0.1) is 0 Å². The number of carbonyl (C=O) groups excluding carboxylic acids is 3. The molecular weight excluding hydrogens is 272 g/mol. The third-order valence-electron chi connectivity index (χ3n) is 2.53. The molecular formula is C11H15ClN4O3. The lowest BCUT2D eigenvalue weighted by molar-refractivity contribution is -0.122. The lowest BCUT2D eigenvalue weighted by Crippen LogP contribution is -2.46. The van der Waals surface area contributed by atoms with E-state index in [4.69, 9.17) is 11.6 Å². The summed E-state index contributed by atoms with van der Waals surface area (Å²) >= 11 is 6.09. The first-order valence-corrected chi connectivity index (χ1v) is 5.89. The predicted molar refractivity (Wildman–Crippen MR) is 70.2 cm³/mol. The Balaban J connectivity index is 2.61. The molecule has 0 bridgehead atoms. The Kier molecular flexibility index (Phi) is 4.94. The number of carbonyl (C=O) groups is 3. The van der Waals surface area contributed by atoms with Crippen molar-refractivity contribution in [3.8, 4) is 0 Å². The molecule has 1 aliphatic rings. The zero-order valence-corrected chi connectivity index (χ0v) is 11.3. The smallest absolute Gasteiger partial charge is 0.333 e. The van der Waals surface area contributed by atoms with Crippen LogP contribution in [0.5, 0.6) is 0 Å². The Morgan fingerprint density at radius 1 is 1.21 bits per heavy atom. The molecule has 8 heteroatoms. The van der Waals surface area contributed by atoms with Gasteiger partial charge in [-0.2, -0.15) is 0 Å². The van der Waals surface area contributed by atoms with Gasteiger partial charge in [-0.3, -0.25) is 15.0 Å². The topological polar surface area (TPSA) is 99.3 Å². The van der Waals surface area contributed by atoms with Crippen LogP contribution in [-0.2, 0) is 9.59 Å². The number of hydrogen-bond acceptors (Lipinski definition) is 3. The van der Waals surface area contributed by atoms with Crippen LogP contribution < -0.4 is 21.5 Å². The molecule has 0 aromatic heterocycles. The van der Waals surface area contributed by atoms with Crippen LogP contribution in [0.25, 0.3) is 0 Å². The Morgan fingerprint density at radius 2 is 1.89 bits per heavy atom. The van der Waals surface area contributed by atoms with Gasteiger partial charge in [0.2, 0.25) is 5.91 Å². The van der Waals surface area contributed by atoms with Gasteiger partial charge in [-0.15, -0.1) is 11.6 Å². The molecule has 0 fully saturated rings. The minimum absolute atomic E-state index is 0.188. The van der Waals surface area contributed by atoms with E-state index in [1.54, 1.807) is 0 Å². The number of urea groups is 1. The van der Waals surface area contributed by atoms with Crippen LogP contribution in [0.15, 0.2) is 23.8 Å². The second-order valence-electron chi connectivity index (χ2n) is 3.80. The summed E-state index contributed by atoms with van der Waals surface area (Å²) in [6, 6.07) is -0.536. The van der Waals surface area contributed by atoms with Gasteiger partial charge >= 0.3 is 6.03 Å². The quantitative estimate of drug-likeness (QED) is 0.409. The van der Waals surface area contributed by atoms with Crippen LogP contribution in [0.2, 0.25) is 0 Å². The van der Waals surface area contributed by atoms with Gasteiger partial charge in [-0.1, -0.05) is 18.2 Å². The van der Waals surface area contributed by atoms with Crippen molar-refractivity contribution in [2.45, 2.75) is 11.3 Å². The number of allylic oxidation sites excluding steroid dienone is 1. The number of hydrogen-bond donors (Lipinski definition) is 4. The molecule has 1 unspecified atom stereocenters. The molecule has 0 radical (unpaired) electrons. The first-order valence-electron chi connectivity index (χ1n) is 5.51. The maximum absolute atomic E-state index is 11.7. The average molecular weight is 287 g/mol. The molecule has 0 saturated carbocycles. The van der Waals surface area contributed by atoms with E-state index in [9.17, 15) is 14.4 Å². The Hall–Kier alpha value is -2.02. The summed E-state index contributed by atoms with van der Waals surface area (Å²) < 4.78 is 0. The van der Waals surface area contributed by atoms with Crippen LogP contribution in [0.3, 0.4) is 0 Å². The van der Waals surface area contributed by atoms with Crippen molar-refractivity contribution in [2.24, 2.45) is 0 Å². The first-order chi connectivity index (χ1) is 8.92. The van der Waals surface area contributed by atoms with E-state index in [1.807, 2.05) is 0 Å². The summed E-state index contributed by atoms with van der Waals surface area (Å²) in [5.41, 5.74) is 4.67. The van der Waals surface area contributed by atoms with Gasteiger partial charge in [-0.25, -0.2) is 10.2 Å². The van der Waals surface area contributed by atoms with E-state index in [0.29, 0.717) is 5.57 Å². The largest absolute Gasteiger partial charge is 0.357 e. The molecule has 4 N–H and O–H groups in total. The lowest BCUT2D eigenvalue weighted by Gasteiger charge is -2.23. The highest BCUT2D eigenvalue weighted by atomic mass is 35.5. The van der Waals surface area contributed by atoms with E-state index < -0.39 is 16.8 Å². The molecule has 0 heterocycles. The highest BCUT2D eigenvalue weighted by Gasteiger charge is 2.34. The van der Waals surface area contributed by atoms with Gasteiger partial charge < -0.3 is 10.6 Å². The highest BCUT2D eigenvalue weighted by Crippen LogP contribution is 2.28. The summed E-state index contributed by atoms with van der Waals surface area (Å²) in [7, 11) is 2.91. The minimum Gasteiger partial charge on any atom is -0.357 e. The van der Waals surface area contributed by atoms with Crippen molar-refractivity contribution < 1.29 is 14.4 Å². The third-order valence-corrected chi connectivity index (χ3v) is 2.98. The van der Waals surface area contributed by atoms with E-state index in [0.717, 1.165) is 0 Å². The molecule has 1 atom stereocenters. The van der Waals surface area contributed by atoms with Gasteiger partial charge in [0.1, 0.15) is 4.87 Å². The maximum Gasteiger partial charge on any atom is 0.333 e. The van der Waals surface area contributed by atoms with Crippen molar-refractivity contribution in [3.63, 3.8) is 0 Å². The Labute approximate surface area is 115 Å². The number of hydrazine groups is 1. The van der Waals surface area contributed by atoms with Crippen molar-refractivity contribution in [2.75, 3.05) is 14.1 Å². The van der Waals surface area contributed by atoms with Crippen molar-refractivity contribution in [3.05, 3.63) is 23.8 Å². The lowest BCUT2D eigenvalue weighted by atomic mass is 9.95. The number of rotatable bonds is 2. The van der Waals surface area contributed by atoms with Crippen LogP contribution in [0.4, 0.5) is 4.79 Å². The fourth-order valence-corrected chi connectivity index (χ4v) is 1.64. The minimum atomic E-state index is -1.17. The Morgan fingerprint density at radius 3 is 2.37 bits per heavy atom. The molecule has 7 nitrogen and oxygen atoms in total. The highest BCUT2D eigenvalue weighted by molar-refractivity contribution is 6.36. The fourth-order valence-electron chi connectivity index (χ4n) is 1.41. The van der Waals surface area contributed by atoms with Gasteiger partial charge in [0, 0.05) is 19.7 Å². The van der Waals surface area contributed by atoms with E-state index in [-0.39, 0.29) is 12.3 Å². The average Bonchev–Trinajstić information content (AvgIpc) is 2.44. The van der Waals surface area contributed by atoms with Crippen molar-refractivity contribution in [1.82, 2.24) is 21.5 Å². The van der Waals surface area contributed by atoms with Crippen molar-refractivity contribution in [1.29, 1.82) is 0 Å². The number of amides is 4. The van der Waals surface area contributed by atoms with Crippen LogP contribution in [-0.4, -0.2) is 36.8 Å². The second kappa shape index (κ2) is 6.24. The van der Waals surface area contributed by atoms with Crippen LogP contribution >= 0.6 is 11.6 Å². The molecule has 0 saturated heterocycles. The molecule has 0 aromatic rings. The van der Waals surface area contributed by atoms with E-state index in [2.05, 4.69) is 21.5 Å². The fraction of sp³-hybridized carbons (Fsp3) is 0.364. The zero-order chi connectivity index (χ0) is 14.5. The SMILES string of the molecule is CNC(=O)NNC(=O)C1=CCC(Cl)(C(=O)NC)C=C1. The van der Waals surface area contributed by atoms with Crippen LogP contribution in [0, 0.1) is 0 Å². The number of nitrogens with one attached hydrogen (secondary N) is 4. The number of halogens is 1. The van der Waals surface area contributed by atoms with Gasteiger partial charge in [0.15, 0.2) is 0 Å². The molecule has 0 aromatic carbocycles. The summed E-state index contributed by atoms with van der Waals surface area (Å²) in [6.07, 6.45) is 4.60. The van der Waals surface area contributed by atoms with Crippen molar-refractivity contribution >= 4 is 29.4 Å². The first kappa shape index (κ1) is 15.0. The molecule has 0 aliphatic heterocycles. The van der Waals surface area contributed by atoms with Crippen LogP contribution in [0.1, 0.15) is 6.42 Å². The summed E-state index contributed by atoms with van der Waals surface area (Å²) in [5.74, 6) is -0.833. The Bertz CT molecular complexity index is 461. The summed E-state index contributed by atoms with van der Waals surface area (Å²) in [4.78, 5) is 32.9. The molecule has 1 aliphatic carbocycles. The van der Waals surface area contributed by atoms with E-state index in [1.165, 1.54) is 32.3 Å². The zero-order valence-electron chi connectivity index (χ0n) is 10.5. The van der Waals surface area contributed by atoms with Gasteiger partial charge in [0.25, 0.3) is 5.91 Å². The standard InChI is InChI=1S/C11H15ClN4O3/c1-13-9(18)11(12)5-3-7(4-6-11)8(17)15-16-10(19)14-2/h3-5H,6H2,1-2H3,(H,13,18)(H,15,17)(H2,14,16,19). The van der Waals surface area contributed by atoms with E-state index >= 15 is 0 Å². The molecule has 104 valence electrons. The second-order valence-corrected chi connectivity index (χ2v) is 4.47. The molecule has 4 amide bonds. The third kappa shape index (κ3) is 3.72. The summed E-state index contributed by atoms with van der Waals surface area (Å²) in [5, 5.41) is 4.73. The summed E-state index contributed by atoms with van der Waals surface area (Å²) in [6.45, 7) is 0. The van der Waals surface area contributed by atoms with Gasteiger partial charge in [-0.05, 0) is 6.42 Å². The molecule has 19 heavy (non-hydrogen) atoms. The normalized spacial score (nSPS) is 21.1. The monoisotopic (exact) mass is 286 g/mol. The molecule has 1 rings (SSSR count). The number of alkyl halides is 1. The maximum atomic E-state index is 11.7. The predicted octanol–water partition coefficient (Wildman–Crippen LogP) is -0.443. The molecule has 0 spiro atoms.